The molecule has 0 aromatic heterocycles. The maximum absolute atomic E-state index is 12.6. The number of halogens is 4. The zero-order chi connectivity index (χ0) is 10.9. The second-order valence-electron chi connectivity index (χ2n) is 2.39. The molecule has 0 saturated carbocycles. The van der Waals surface area contributed by atoms with E-state index in [1.54, 1.807) is 0 Å². The molecule has 0 bridgehead atoms. The summed E-state index contributed by atoms with van der Waals surface area (Å²) in [6.45, 7) is 0. The molecule has 0 fully saturated rings. The number of nitrogen functional groups attached to an aromatic ring is 1. The van der Waals surface area contributed by atoms with Crippen molar-refractivity contribution in [3.05, 3.63) is 17.9 Å². The fourth-order valence-electron chi connectivity index (χ4n) is 0.773. The van der Waals surface area contributed by atoms with Crippen molar-refractivity contribution >= 4 is 5.69 Å². The summed E-state index contributed by atoms with van der Waals surface area (Å²) in [6.07, 6.45) is -4.95. The molecule has 1 aromatic carbocycles. The molecule has 0 radical (unpaired) electrons. The number of anilines is 1. The summed E-state index contributed by atoms with van der Waals surface area (Å²) < 4.78 is 51.0. The summed E-state index contributed by atoms with van der Waals surface area (Å²) in [7, 11) is 0. The van der Waals surface area contributed by atoms with E-state index in [1.807, 2.05) is 0 Å². The van der Waals surface area contributed by atoms with E-state index in [4.69, 9.17) is 10.8 Å². The van der Waals surface area contributed by atoms with Crippen molar-refractivity contribution in [1.82, 2.24) is 0 Å². The molecule has 0 unspecified atom stereocenters. The van der Waals surface area contributed by atoms with Crippen molar-refractivity contribution < 1.29 is 27.4 Å². The molecule has 1 aromatic rings. The molecule has 0 aliphatic carbocycles. The number of hydrogen-bond acceptors (Lipinski definition) is 3. The van der Waals surface area contributed by atoms with Gasteiger partial charge in [-0.1, -0.05) is 0 Å². The Labute approximate surface area is 75.7 Å². The Hall–Kier alpha value is -1.66. The number of aromatic hydroxyl groups is 1. The summed E-state index contributed by atoms with van der Waals surface area (Å²) in [4.78, 5) is 0. The van der Waals surface area contributed by atoms with Gasteiger partial charge >= 0.3 is 6.36 Å². The molecule has 1 rings (SSSR count). The quantitative estimate of drug-likeness (QED) is 0.551. The molecule has 0 spiro atoms. The summed E-state index contributed by atoms with van der Waals surface area (Å²) in [5.74, 6) is -2.96. The molecular formula is C7H5F4NO2. The van der Waals surface area contributed by atoms with Gasteiger partial charge in [-0.2, -0.15) is 0 Å². The van der Waals surface area contributed by atoms with Gasteiger partial charge in [-0.15, -0.1) is 13.2 Å². The number of nitrogens with two attached hydrogens (primary N) is 1. The van der Waals surface area contributed by atoms with Gasteiger partial charge in [-0.25, -0.2) is 4.39 Å². The first-order valence-electron chi connectivity index (χ1n) is 3.33. The first-order valence-corrected chi connectivity index (χ1v) is 3.33. The molecule has 0 atom stereocenters. The Morgan fingerprint density at radius 3 is 2.36 bits per heavy atom. The molecular weight excluding hydrogens is 206 g/mol. The van der Waals surface area contributed by atoms with Crippen LogP contribution in [0.3, 0.4) is 0 Å². The van der Waals surface area contributed by atoms with E-state index < -0.39 is 29.4 Å². The van der Waals surface area contributed by atoms with Crippen molar-refractivity contribution in [3.8, 4) is 11.5 Å². The number of hydrogen-bond donors (Lipinski definition) is 2. The maximum atomic E-state index is 12.6. The molecule has 3 N–H and O–H groups in total. The Morgan fingerprint density at radius 1 is 1.29 bits per heavy atom. The van der Waals surface area contributed by atoms with Gasteiger partial charge in [-0.05, 0) is 0 Å². The zero-order valence-electron chi connectivity index (χ0n) is 6.60. The maximum Gasteiger partial charge on any atom is 0.573 e. The summed E-state index contributed by atoms with van der Waals surface area (Å²) >= 11 is 0. The van der Waals surface area contributed by atoms with Crippen LogP contribution in [0.4, 0.5) is 23.2 Å². The number of rotatable bonds is 1. The third kappa shape index (κ3) is 2.41. The number of phenolic OH excluding ortho intramolecular Hbond substituents is 1. The molecule has 78 valence electrons. The standard InChI is InChI=1S/C7H5F4NO2/c8-3-1-6(14-7(9,10)11)4(12)2-5(3)13/h1-2,13H,12H2. The van der Waals surface area contributed by atoms with Crippen molar-refractivity contribution in [2.45, 2.75) is 6.36 Å². The average molecular weight is 211 g/mol. The predicted octanol–water partition coefficient (Wildman–Crippen LogP) is 2.01. The number of ether oxygens (including phenoxy) is 1. The third-order valence-electron chi connectivity index (χ3n) is 1.30. The molecule has 0 aliphatic heterocycles. The van der Waals surface area contributed by atoms with Crippen LogP contribution in [0.2, 0.25) is 0 Å². The molecule has 3 nitrogen and oxygen atoms in total. The highest BCUT2D eigenvalue weighted by molar-refractivity contribution is 5.56. The predicted molar refractivity (Wildman–Crippen MR) is 39.2 cm³/mol. The van der Waals surface area contributed by atoms with E-state index in [0.717, 1.165) is 0 Å². The second kappa shape index (κ2) is 3.24. The van der Waals surface area contributed by atoms with Crippen molar-refractivity contribution in [2.24, 2.45) is 0 Å². The minimum Gasteiger partial charge on any atom is -0.505 e. The van der Waals surface area contributed by atoms with E-state index in [2.05, 4.69) is 4.74 Å². The average Bonchev–Trinajstić information content (AvgIpc) is 1.97. The first kappa shape index (κ1) is 10.4. The molecule has 14 heavy (non-hydrogen) atoms. The zero-order valence-corrected chi connectivity index (χ0v) is 6.60. The van der Waals surface area contributed by atoms with Crippen LogP contribution < -0.4 is 10.5 Å². The van der Waals surface area contributed by atoms with E-state index in [0.29, 0.717) is 12.1 Å². The van der Waals surface area contributed by atoms with Crippen LogP contribution in [0.5, 0.6) is 11.5 Å². The van der Waals surface area contributed by atoms with Gasteiger partial charge < -0.3 is 15.6 Å². The van der Waals surface area contributed by atoms with Crippen LogP contribution in [0.15, 0.2) is 12.1 Å². The minimum absolute atomic E-state index is 0.359. The van der Waals surface area contributed by atoms with Crippen LogP contribution in [0.1, 0.15) is 0 Å². The van der Waals surface area contributed by atoms with E-state index in [9.17, 15) is 17.6 Å². The lowest BCUT2D eigenvalue weighted by molar-refractivity contribution is -0.274. The van der Waals surface area contributed by atoms with Crippen LogP contribution in [-0.2, 0) is 0 Å². The van der Waals surface area contributed by atoms with Gasteiger partial charge in [0.05, 0.1) is 5.69 Å². The highest BCUT2D eigenvalue weighted by atomic mass is 19.4. The molecule has 0 saturated heterocycles. The normalized spacial score (nSPS) is 11.4. The van der Waals surface area contributed by atoms with E-state index >= 15 is 0 Å². The second-order valence-corrected chi connectivity index (χ2v) is 2.39. The Bertz CT molecular complexity index is 350. The summed E-state index contributed by atoms with van der Waals surface area (Å²) in [5, 5.41) is 8.73. The lowest BCUT2D eigenvalue weighted by Crippen LogP contribution is -2.18. The number of phenols is 1. The Balaban J connectivity index is 3.04. The van der Waals surface area contributed by atoms with Gasteiger partial charge in [0, 0.05) is 12.1 Å². The highest BCUT2D eigenvalue weighted by Gasteiger charge is 2.32. The van der Waals surface area contributed by atoms with Gasteiger partial charge in [0.1, 0.15) is 0 Å². The fourth-order valence-corrected chi connectivity index (χ4v) is 0.773. The van der Waals surface area contributed by atoms with Gasteiger partial charge in [0.25, 0.3) is 0 Å². The Kier molecular flexibility index (Phi) is 2.41. The molecule has 0 heterocycles. The van der Waals surface area contributed by atoms with Crippen LogP contribution in [0.25, 0.3) is 0 Å². The molecule has 0 aliphatic rings. The van der Waals surface area contributed by atoms with Crippen molar-refractivity contribution in [1.29, 1.82) is 0 Å². The molecule has 7 heteroatoms. The topological polar surface area (TPSA) is 55.5 Å². The van der Waals surface area contributed by atoms with Gasteiger partial charge in [0.15, 0.2) is 17.3 Å². The smallest absolute Gasteiger partial charge is 0.505 e. The highest BCUT2D eigenvalue weighted by Crippen LogP contribution is 2.32. The lowest BCUT2D eigenvalue weighted by Gasteiger charge is -2.11. The van der Waals surface area contributed by atoms with Crippen molar-refractivity contribution in [3.63, 3.8) is 0 Å². The largest absolute Gasteiger partial charge is 0.573 e. The third-order valence-corrected chi connectivity index (χ3v) is 1.30. The van der Waals surface area contributed by atoms with Crippen molar-refractivity contribution in [2.75, 3.05) is 5.73 Å². The van der Waals surface area contributed by atoms with E-state index in [-0.39, 0.29) is 0 Å². The van der Waals surface area contributed by atoms with Crippen LogP contribution in [-0.4, -0.2) is 11.5 Å². The Morgan fingerprint density at radius 2 is 1.86 bits per heavy atom. The fraction of sp³-hybridized carbons (Fsp3) is 0.143. The summed E-state index contributed by atoms with van der Waals surface area (Å²) in [5.41, 5.74) is 4.55. The molecule has 0 amide bonds. The first-order chi connectivity index (χ1) is 6.29. The summed E-state index contributed by atoms with van der Waals surface area (Å²) in [6, 6.07) is 0.995. The SMILES string of the molecule is Nc1cc(O)c(F)cc1OC(F)(F)F. The minimum atomic E-state index is -4.95. The van der Waals surface area contributed by atoms with Gasteiger partial charge in [-0.3, -0.25) is 0 Å². The lowest BCUT2D eigenvalue weighted by atomic mass is 10.2. The number of benzene rings is 1. The van der Waals surface area contributed by atoms with Crippen LogP contribution in [0, 0.1) is 5.82 Å². The number of alkyl halides is 3. The van der Waals surface area contributed by atoms with Gasteiger partial charge in [0.2, 0.25) is 0 Å². The van der Waals surface area contributed by atoms with Crippen LogP contribution >= 0.6 is 0 Å². The monoisotopic (exact) mass is 211 g/mol. The van der Waals surface area contributed by atoms with E-state index in [1.165, 1.54) is 0 Å².